The van der Waals surface area contributed by atoms with Crippen LogP contribution >= 0.6 is 0 Å². The predicted molar refractivity (Wildman–Crippen MR) is 75.0 cm³/mol. The molecule has 104 valence electrons. The zero-order valence-corrected chi connectivity index (χ0v) is 11.5. The zero-order chi connectivity index (χ0) is 13.9. The lowest BCUT2D eigenvalue weighted by Crippen LogP contribution is -2.35. The van der Waals surface area contributed by atoms with Gasteiger partial charge in [-0.1, -0.05) is 12.1 Å². The van der Waals surface area contributed by atoms with Crippen molar-refractivity contribution in [2.24, 2.45) is 0 Å². The number of likely N-dealkylation sites (N-methyl/N-ethyl adjacent to an activating group) is 1. The number of rotatable bonds is 3. The summed E-state index contributed by atoms with van der Waals surface area (Å²) in [6.45, 7) is 1.14. The SMILES string of the molecule is CN(Cc1cnc2ccccc2n1)C(=O)C1CCCO1. The van der Waals surface area contributed by atoms with Crippen LogP contribution in [0.5, 0.6) is 0 Å². The van der Waals surface area contributed by atoms with Gasteiger partial charge in [0.15, 0.2) is 0 Å². The number of amides is 1. The van der Waals surface area contributed by atoms with Crippen LogP contribution in [0.4, 0.5) is 0 Å². The molecule has 0 N–H and O–H groups in total. The van der Waals surface area contributed by atoms with Crippen LogP contribution in [0, 0.1) is 0 Å². The first kappa shape index (κ1) is 13.0. The van der Waals surface area contributed by atoms with Gasteiger partial charge in [-0.05, 0) is 25.0 Å². The second-order valence-electron chi connectivity index (χ2n) is 5.05. The van der Waals surface area contributed by atoms with Gasteiger partial charge in [0, 0.05) is 13.7 Å². The fourth-order valence-corrected chi connectivity index (χ4v) is 2.41. The topological polar surface area (TPSA) is 55.3 Å². The third-order valence-electron chi connectivity index (χ3n) is 3.48. The van der Waals surface area contributed by atoms with E-state index in [4.69, 9.17) is 4.74 Å². The van der Waals surface area contributed by atoms with Crippen LogP contribution in [0.15, 0.2) is 30.5 Å². The molecular weight excluding hydrogens is 254 g/mol. The predicted octanol–water partition coefficient (Wildman–Crippen LogP) is 1.77. The van der Waals surface area contributed by atoms with Crippen LogP contribution in [0.25, 0.3) is 11.0 Å². The molecule has 1 atom stereocenters. The van der Waals surface area contributed by atoms with Gasteiger partial charge >= 0.3 is 0 Å². The molecule has 1 aliphatic rings. The molecule has 0 bridgehead atoms. The monoisotopic (exact) mass is 271 g/mol. The highest BCUT2D eigenvalue weighted by Crippen LogP contribution is 2.15. The van der Waals surface area contributed by atoms with Gasteiger partial charge in [0.2, 0.25) is 0 Å². The third kappa shape index (κ3) is 2.63. The molecule has 0 radical (unpaired) electrons. The number of benzene rings is 1. The maximum absolute atomic E-state index is 12.2. The fourth-order valence-electron chi connectivity index (χ4n) is 2.41. The van der Waals surface area contributed by atoms with Crippen LogP contribution in [-0.4, -0.2) is 40.5 Å². The summed E-state index contributed by atoms with van der Waals surface area (Å²) in [6.07, 6.45) is 3.21. The Morgan fingerprint density at radius 3 is 2.95 bits per heavy atom. The van der Waals surface area contributed by atoms with Crippen LogP contribution in [0.3, 0.4) is 0 Å². The molecule has 2 aromatic rings. The number of carbonyl (C=O) groups excluding carboxylic acids is 1. The highest BCUT2D eigenvalue weighted by molar-refractivity contribution is 5.81. The van der Waals surface area contributed by atoms with Gasteiger partial charge in [-0.15, -0.1) is 0 Å². The molecule has 1 saturated heterocycles. The number of carbonyl (C=O) groups is 1. The summed E-state index contributed by atoms with van der Waals surface area (Å²) in [5.41, 5.74) is 2.50. The van der Waals surface area contributed by atoms with Crippen LogP contribution in [-0.2, 0) is 16.1 Å². The van der Waals surface area contributed by atoms with E-state index in [1.807, 2.05) is 24.3 Å². The summed E-state index contributed by atoms with van der Waals surface area (Å²) in [5.74, 6) is 0.0254. The normalized spacial score (nSPS) is 18.4. The Labute approximate surface area is 117 Å². The second-order valence-corrected chi connectivity index (χ2v) is 5.05. The van der Waals surface area contributed by atoms with Crippen LogP contribution < -0.4 is 0 Å². The largest absolute Gasteiger partial charge is 0.368 e. The summed E-state index contributed by atoms with van der Waals surface area (Å²) >= 11 is 0. The standard InChI is InChI=1S/C15H17N3O2/c1-18(15(19)14-7-4-8-20-14)10-11-9-16-12-5-2-3-6-13(12)17-11/h2-3,5-6,9,14H,4,7-8,10H2,1H3. The lowest BCUT2D eigenvalue weighted by molar-refractivity contribution is -0.140. The first-order valence-electron chi connectivity index (χ1n) is 6.81. The van der Waals surface area contributed by atoms with E-state index in [1.165, 1.54) is 0 Å². The molecule has 2 heterocycles. The minimum absolute atomic E-state index is 0.0254. The molecule has 20 heavy (non-hydrogen) atoms. The lowest BCUT2D eigenvalue weighted by Gasteiger charge is -2.20. The van der Waals surface area contributed by atoms with Crippen molar-refractivity contribution in [2.45, 2.75) is 25.5 Å². The second kappa shape index (κ2) is 5.54. The minimum Gasteiger partial charge on any atom is -0.368 e. The molecule has 0 spiro atoms. The first-order valence-corrected chi connectivity index (χ1v) is 6.81. The van der Waals surface area contributed by atoms with Crippen molar-refractivity contribution < 1.29 is 9.53 Å². The summed E-state index contributed by atoms with van der Waals surface area (Å²) in [7, 11) is 1.78. The van der Waals surface area contributed by atoms with Gasteiger partial charge in [-0.25, -0.2) is 4.98 Å². The molecule has 5 heteroatoms. The van der Waals surface area contributed by atoms with Crippen molar-refractivity contribution in [2.75, 3.05) is 13.7 Å². The van der Waals surface area contributed by atoms with E-state index >= 15 is 0 Å². The molecule has 0 aliphatic carbocycles. The maximum Gasteiger partial charge on any atom is 0.251 e. The van der Waals surface area contributed by atoms with Crippen molar-refractivity contribution in [3.05, 3.63) is 36.2 Å². The number of hydrogen-bond donors (Lipinski definition) is 0. The molecule has 1 aromatic heterocycles. The van der Waals surface area contributed by atoms with E-state index in [-0.39, 0.29) is 12.0 Å². The van der Waals surface area contributed by atoms with Crippen molar-refractivity contribution in [3.63, 3.8) is 0 Å². The summed E-state index contributed by atoms with van der Waals surface area (Å²) in [5, 5.41) is 0. The van der Waals surface area contributed by atoms with Gasteiger partial charge in [0.05, 0.1) is 29.5 Å². The smallest absolute Gasteiger partial charge is 0.251 e. The molecule has 1 aliphatic heterocycles. The Hall–Kier alpha value is -2.01. The molecular formula is C15H17N3O2. The summed E-state index contributed by atoms with van der Waals surface area (Å²) in [4.78, 5) is 22.7. The maximum atomic E-state index is 12.2. The number of fused-ring (bicyclic) bond motifs is 1. The lowest BCUT2D eigenvalue weighted by atomic mass is 10.2. The van der Waals surface area contributed by atoms with E-state index in [0.717, 1.165) is 29.6 Å². The molecule has 5 nitrogen and oxygen atoms in total. The van der Waals surface area contributed by atoms with Crippen LogP contribution in [0.2, 0.25) is 0 Å². The highest BCUT2D eigenvalue weighted by Gasteiger charge is 2.26. The van der Waals surface area contributed by atoms with Gasteiger partial charge in [0.25, 0.3) is 5.91 Å². The molecule has 1 fully saturated rings. The number of ether oxygens (including phenoxy) is 1. The van der Waals surface area contributed by atoms with Crippen LogP contribution in [0.1, 0.15) is 18.5 Å². The minimum atomic E-state index is -0.284. The average Bonchev–Trinajstić information content (AvgIpc) is 3.00. The summed E-state index contributed by atoms with van der Waals surface area (Å²) in [6, 6.07) is 7.72. The Kier molecular flexibility index (Phi) is 3.60. The van der Waals surface area contributed by atoms with E-state index in [0.29, 0.717) is 13.2 Å². The first-order chi connectivity index (χ1) is 9.74. The third-order valence-corrected chi connectivity index (χ3v) is 3.48. The van der Waals surface area contributed by atoms with Gasteiger partial charge in [-0.2, -0.15) is 0 Å². The number of para-hydroxylation sites is 2. The summed E-state index contributed by atoms with van der Waals surface area (Å²) < 4.78 is 5.42. The zero-order valence-electron chi connectivity index (χ0n) is 11.5. The Morgan fingerprint density at radius 1 is 1.40 bits per heavy atom. The van der Waals surface area contributed by atoms with Gasteiger partial charge in [-0.3, -0.25) is 9.78 Å². The van der Waals surface area contributed by atoms with E-state index in [9.17, 15) is 4.79 Å². The van der Waals surface area contributed by atoms with Gasteiger partial charge in [0.1, 0.15) is 6.10 Å². The Bertz CT molecular complexity index is 623. The quantitative estimate of drug-likeness (QED) is 0.853. The number of aromatic nitrogens is 2. The van der Waals surface area contributed by atoms with Crippen molar-refractivity contribution >= 4 is 16.9 Å². The number of nitrogens with zero attached hydrogens (tertiary/aromatic N) is 3. The Morgan fingerprint density at radius 2 is 2.20 bits per heavy atom. The molecule has 1 unspecified atom stereocenters. The van der Waals surface area contributed by atoms with Crippen molar-refractivity contribution in [1.82, 2.24) is 14.9 Å². The Balaban J connectivity index is 1.73. The van der Waals surface area contributed by atoms with E-state index in [1.54, 1.807) is 18.1 Å². The molecule has 1 amide bonds. The van der Waals surface area contributed by atoms with Gasteiger partial charge < -0.3 is 9.64 Å². The number of hydrogen-bond acceptors (Lipinski definition) is 4. The molecule has 1 aromatic carbocycles. The van der Waals surface area contributed by atoms with E-state index in [2.05, 4.69) is 9.97 Å². The molecule has 0 saturated carbocycles. The van der Waals surface area contributed by atoms with Crippen molar-refractivity contribution in [3.8, 4) is 0 Å². The fraction of sp³-hybridized carbons (Fsp3) is 0.400. The highest BCUT2D eigenvalue weighted by atomic mass is 16.5. The van der Waals surface area contributed by atoms with E-state index < -0.39 is 0 Å². The molecule has 3 rings (SSSR count). The average molecular weight is 271 g/mol. The van der Waals surface area contributed by atoms with Crippen molar-refractivity contribution in [1.29, 1.82) is 0 Å².